The molecule has 0 aliphatic rings. The van der Waals surface area contributed by atoms with Crippen molar-refractivity contribution in [1.29, 1.82) is 0 Å². The maximum Gasteiger partial charge on any atom is 0.293 e. The van der Waals surface area contributed by atoms with Crippen molar-refractivity contribution in [2.45, 2.75) is 13.8 Å². The number of anilines is 1. The minimum absolute atomic E-state index is 0.167. The van der Waals surface area contributed by atoms with E-state index in [1.807, 2.05) is 80.6 Å². The number of amides is 1. The van der Waals surface area contributed by atoms with Crippen molar-refractivity contribution in [2.75, 3.05) is 5.32 Å². The standard InChI is InChI=1S/C24H19N5O2S/c1-14-7-10-17(11-8-14)29-27-19-12-9-16(13-20(19)28-29)25-24(32)26-23(30)22-15(2)18-5-3-4-6-21(18)31-22/h3-13H,1-2H3,(H2,25,26,30,32). The van der Waals surface area contributed by atoms with Gasteiger partial charge in [0.2, 0.25) is 0 Å². The molecule has 2 N–H and O–H groups in total. The Morgan fingerprint density at radius 3 is 2.50 bits per heavy atom. The molecule has 0 radical (unpaired) electrons. The number of para-hydroxylation sites is 1. The first kappa shape index (κ1) is 19.9. The molecule has 5 rings (SSSR count). The van der Waals surface area contributed by atoms with Crippen molar-refractivity contribution in [2.24, 2.45) is 0 Å². The van der Waals surface area contributed by atoms with Crippen LogP contribution in [0, 0.1) is 13.8 Å². The first-order valence-electron chi connectivity index (χ1n) is 10.0. The summed E-state index contributed by atoms with van der Waals surface area (Å²) in [6.07, 6.45) is 0. The lowest BCUT2D eigenvalue weighted by molar-refractivity contribution is 0.0952. The molecule has 7 nitrogen and oxygen atoms in total. The summed E-state index contributed by atoms with van der Waals surface area (Å²) in [6, 6.07) is 21.0. The number of aromatic nitrogens is 3. The van der Waals surface area contributed by atoms with Gasteiger partial charge in [-0.2, -0.15) is 4.80 Å². The van der Waals surface area contributed by atoms with Crippen LogP contribution < -0.4 is 10.6 Å². The molecule has 8 heteroatoms. The van der Waals surface area contributed by atoms with E-state index in [-0.39, 0.29) is 10.9 Å². The number of furan rings is 1. The van der Waals surface area contributed by atoms with Crippen LogP contribution in [-0.2, 0) is 0 Å². The number of fused-ring (bicyclic) bond motifs is 2. The van der Waals surface area contributed by atoms with Crippen molar-refractivity contribution >= 4 is 50.9 Å². The summed E-state index contributed by atoms with van der Waals surface area (Å²) in [4.78, 5) is 14.3. The highest BCUT2D eigenvalue weighted by molar-refractivity contribution is 7.80. The van der Waals surface area contributed by atoms with Crippen LogP contribution in [0.25, 0.3) is 27.7 Å². The second-order valence-corrected chi connectivity index (χ2v) is 7.90. The monoisotopic (exact) mass is 441 g/mol. The number of carbonyl (C=O) groups is 1. The number of benzene rings is 3. The summed E-state index contributed by atoms with van der Waals surface area (Å²) >= 11 is 5.33. The molecule has 0 aliphatic heterocycles. The fourth-order valence-electron chi connectivity index (χ4n) is 3.50. The second-order valence-electron chi connectivity index (χ2n) is 7.49. The number of nitrogens with one attached hydrogen (secondary N) is 2. The summed E-state index contributed by atoms with van der Waals surface area (Å²) in [5, 5.41) is 15.8. The summed E-state index contributed by atoms with van der Waals surface area (Å²) in [5.74, 6) is -0.158. The lowest BCUT2D eigenvalue weighted by Crippen LogP contribution is -2.34. The van der Waals surface area contributed by atoms with Crippen LogP contribution in [0.4, 0.5) is 5.69 Å². The summed E-state index contributed by atoms with van der Waals surface area (Å²) < 4.78 is 5.70. The zero-order valence-corrected chi connectivity index (χ0v) is 18.2. The third-order valence-electron chi connectivity index (χ3n) is 5.18. The predicted molar refractivity (Wildman–Crippen MR) is 128 cm³/mol. The van der Waals surface area contributed by atoms with E-state index >= 15 is 0 Å². The molecule has 0 atom stereocenters. The molecule has 3 aromatic carbocycles. The van der Waals surface area contributed by atoms with E-state index in [4.69, 9.17) is 16.6 Å². The Balaban J connectivity index is 1.32. The van der Waals surface area contributed by atoms with Crippen molar-refractivity contribution < 1.29 is 9.21 Å². The number of hydrogen-bond donors (Lipinski definition) is 2. The molecule has 158 valence electrons. The average Bonchev–Trinajstić information content (AvgIpc) is 3.35. The fraction of sp³-hybridized carbons (Fsp3) is 0.0833. The summed E-state index contributed by atoms with van der Waals surface area (Å²) in [6.45, 7) is 3.88. The van der Waals surface area contributed by atoms with Crippen molar-refractivity contribution in [3.8, 4) is 5.69 Å². The van der Waals surface area contributed by atoms with Crippen LogP contribution in [0.5, 0.6) is 0 Å². The normalized spacial score (nSPS) is 11.1. The van der Waals surface area contributed by atoms with Gasteiger partial charge in [0, 0.05) is 16.6 Å². The van der Waals surface area contributed by atoms with E-state index in [1.54, 1.807) is 4.80 Å². The molecule has 2 aromatic heterocycles. The Labute approximate surface area is 189 Å². The molecule has 0 spiro atoms. The highest BCUT2D eigenvalue weighted by Crippen LogP contribution is 2.25. The maximum atomic E-state index is 12.7. The van der Waals surface area contributed by atoms with Gasteiger partial charge in [0.15, 0.2) is 10.9 Å². The van der Waals surface area contributed by atoms with Crippen molar-refractivity contribution in [3.63, 3.8) is 0 Å². The van der Waals surface area contributed by atoms with Gasteiger partial charge in [-0.25, -0.2) is 0 Å². The van der Waals surface area contributed by atoms with E-state index in [2.05, 4.69) is 20.8 Å². The van der Waals surface area contributed by atoms with Crippen LogP contribution >= 0.6 is 12.2 Å². The number of thiocarbonyl (C=S) groups is 1. The van der Waals surface area contributed by atoms with E-state index < -0.39 is 5.91 Å². The quantitative estimate of drug-likeness (QED) is 0.387. The largest absolute Gasteiger partial charge is 0.451 e. The molecule has 5 aromatic rings. The molecule has 32 heavy (non-hydrogen) atoms. The number of aryl methyl sites for hydroxylation is 2. The van der Waals surface area contributed by atoms with Crippen LogP contribution in [0.1, 0.15) is 21.7 Å². The molecule has 1 amide bonds. The summed E-state index contributed by atoms with van der Waals surface area (Å²) in [7, 11) is 0. The number of carbonyl (C=O) groups excluding carboxylic acids is 1. The maximum absolute atomic E-state index is 12.7. The van der Waals surface area contributed by atoms with Gasteiger partial charge in [-0.1, -0.05) is 35.9 Å². The summed E-state index contributed by atoms with van der Waals surface area (Å²) in [5.41, 5.74) is 5.64. The Morgan fingerprint density at radius 2 is 1.72 bits per heavy atom. The van der Waals surface area contributed by atoms with Gasteiger partial charge in [0.05, 0.1) is 5.69 Å². The van der Waals surface area contributed by atoms with Crippen LogP contribution in [-0.4, -0.2) is 26.0 Å². The van der Waals surface area contributed by atoms with Crippen LogP contribution in [0.3, 0.4) is 0 Å². The fourth-order valence-corrected chi connectivity index (χ4v) is 3.71. The zero-order chi connectivity index (χ0) is 22.2. The third-order valence-corrected chi connectivity index (χ3v) is 5.38. The molecule has 0 fully saturated rings. The van der Waals surface area contributed by atoms with Crippen LogP contribution in [0.15, 0.2) is 71.1 Å². The first-order chi connectivity index (χ1) is 15.5. The number of rotatable bonds is 3. The van der Waals surface area contributed by atoms with Gasteiger partial charge in [-0.05, 0) is 62.5 Å². The smallest absolute Gasteiger partial charge is 0.293 e. The molecular formula is C24H19N5O2S. The highest BCUT2D eigenvalue weighted by atomic mass is 32.1. The van der Waals surface area contributed by atoms with Gasteiger partial charge in [-0.15, -0.1) is 10.2 Å². The average molecular weight is 442 g/mol. The van der Waals surface area contributed by atoms with Crippen molar-refractivity contribution in [3.05, 3.63) is 83.6 Å². The predicted octanol–water partition coefficient (Wildman–Crippen LogP) is 4.91. The van der Waals surface area contributed by atoms with E-state index in [0.29, 0.717) is 16.8 Å². The molecule has 0 saturated heterocycles. The molecule has 0 bridgehead atoms. The number of hydrogen-bond acceptors (Lipinski definition) is 5. The van der Waals surface area contributed by atoms with Crippen LogP contribution in [0.2, 0.25) is 0 Å². The molecule has 2 heterocycles. The molecule has 0 aliphatic carbocycles. The van der Waals surface area contributed by atoms with E-state index in [1.165, 1.54) is 5.56 Å². The van der Waals surface area contributed by atoms with Gasteiger partial charge in [0.1, 0.15) is 16.6 Å². The second kappa shape index (κ2) is 7.90. The molecule has 0 saturated carbocycles. The minimum atomic E-state index is -0.400. The van der Waals surface area contributed by atoms with Crippen molar-refractivity contribution in [1.82, 2.24) is 20.3 Å². The lowest BCUT2D eigenvalue weighted by Gasteiger charge is -2.08. The van der Waals surface area contributed by atoms with Gasteiger partial charge in [0.25, 0.3) is 5.91 Å². The van der Waals surface area contributed by atoms with E-state index in [0.717, 1.165) is 22.2 Å². The topological polar surface area (TPSA) is 85.0 Å². The Kier molecular flexibility index (Phi) is 4.91. The first-order valence-corrected chi connectivity index (χ1v) is 10.4. The number of nitrogens with zero attached hydrogens (tertiary/aromatic N) is 3. The van der Waals surface area contributed by atoms with E-state index in [9.17, 15) is 4.79 Å². The van der Waals surface area contributed by atoms with Gasteiger partial charge >= 0.3 is 0 Å². The zero-order valence-electron chi connectivity index (χ0n) is 17.4. The van der Waals surface area contributed by atoms with Gasteiger partial charge in [-0.3, -0.25) is 10.1 Å². The minimum Gasteiger partial charge on any atom is -0.451 e. The molecular weight excluding hydrogens is 422 g/mol. The Morgan fingerprint density at radius 1 is 0.969 bits per heavy atom. The molecule has 0 unspecified atom stereocenters. The SMILES string of the molecule is Cc1ccc(-n2nc3ccc(NC(=S)NC(=O)c4oc5ccccc5c4C)cc3n2)cc1. The lowest BCUT2D eigenvalue weighted by atomic mass is 10.1. The van der Waals surface area contributed by atoms with Gasteiger partial charge < -0.3 is 9.73 Å². The Hall–Kier alpha value is -4.04. The Bertz CT molecular complexity index is 1480. The highest BCUT2D eigenvalue weighted by Gasteiger charge is 2.18. The third kappa shape index (κ3) is 3.72.